The molecule has 0 aromatic rings. The van der Waals surface area contributed by atoms with E-state index in [4.69, 9.17) is 16.3 Å². The highest BCUT2D eigenvalue weighted by Gasteiger charge is 2.20. The highest BCUT2D eigenvalue weighted by atomic mass is 35.5. The van der Waals surface area contributed by atoms with Crippen molar-refractivity contribution < 1.29 is 14.3 Å². The van der Waals surface area contributed by atoms with Crippen molar-refractivity contribution in [2.45, 2.75) is 12.3 Å². The van der Waals surface area contributed by atoms with Gasteiger partial charge in [-0.25, -0.2) is 4.79 Å². The Bertz CT molecular complexity index is 227. The number of hydrogen-bond donors (Lipinski definition) is 1. The van der Waals surface area contributed by atoms with E-state index >= 15 is 0 Å². The van der Waals surface area contributed by atoms with Crippen molar-refractivity contribution in [3.05, 3.63) is 0 Å². The minimum atomic E-state index is -0.694. The molecule has 0 saturated carbocycles. The van der Waals surface area contributed by atoms with E-state index < -0.39 is 17.3 Å². The van der Waals surface area contributed by atoms with Crippen molar-refractivity contribution in [1.82, 2.24) is 10.2 Å². The molecule has 1 saturated heterocycles. The van der Waals surface area contributed by atoms with E-state index in [2.05, 4.69) is 5.32 Å². The van der Waals surface area contributed by atoms with Gasteiger partial charge in [0, 0.05) is 13.1 Å². The molecule has 1 fully saturated rings. The van der Waals surface area contributed by atoms with Gasteiger partial charge in [-0.15, -0.1) is 11.6 Å². The quantitative estimate of drug-likeness (QED) is 0.642. The normalized spacial score (nSPS) is 18.9. The third-order valence-electron chi connectivity index (χ3n) is 1.89. The van der Waals surface area contributed by atoms with Crippen molar-refractivity contribution in [3.8, 4) is 0 Å². The fourth-order valence-electron chi connectivity index (χ4n) is 1.05. The van der Waals surface area contributed by atoms with Crippen LogP contribution < -0.4 is 5.32 Å². The Morgan fingerprint density at radius 3 is 2.50 bits per heavy atom. The SMILES string of the molecule is CC(Cl)C(=O)NC(=O)N1CCOCC1. The van der Waals surface area contributed by atoms with Crippen LogP contribution in [0.4, 0.5) is 4.79 Å². The molecule has 1 unspecified atom stereocenters. The van der Waals surface area contributed by atoms with Crippen molar-refractivity contribution in [2.75, 3.05) is 26.3 Å². The molecule has 1 heterocycles. The molecule has 80 valence electrons. The van der Waals surface area contributed by atoms with Crippen LogP contribution in [0.1, 0.15) is 6.92 Å². The minimum Gasteiger partial charge on any atom is -0.378 e. The summed E-state index contributed by atoms with van der Waals surface area (Å²) < 4.78 is 5.07. The first kappa shape index (κ1) is 11.3. The number of morpholine rings is 1. The molecule has 1 atom stereocenters. The Hall–Kier alpha value is -0.810. The molecule has 0 bridgehead atoms. The standard InChI is InChI=1S/C8H13ClN2O3/c1-6(9)7(12)10-8(13)11-2-4-14-5-3-11/h6H,2-5H2,1H3,(H,10,12,13). The molecule has 6 heteroatoms. The monoisotopic (exact) mass is 220 g/mol. The van der Waals surface area contributed by atoms with Crippen molar-refractivity contribution in [1.29, 1.82) is 0 Å². The number of hydrogen-bond acceptors (Lipinski definition) is 3. The van der Waals surface area contributed by atoms with Crippen LogP contribution in [-0.2, 0) is 9.53 Å². The summed E-state index contributed by atoms with van der Waals surface area (Å²) in [6.45, 7) is 3.56. The van der Waals surface area contributed by atoms with E-state index in [1.807, 2.05) is 0 Å². The van der Waals surface area contributed by atoms with Crippen LogP contribution in [0.15, 0.2) is 0 Å². The number of carbonyl (C=O) groups is 2. The summed E-state index contributed by atoms with van der Waals surface area (Å²) in [7, 11) is 0. The smallest absolute Gasteiger partial charge is 0.324 e. The first-order chi connectivity index (χ1) is 6.61. The maximum Gasteiger partial charge on any atom is 0.324 e. The lowest BCUT2D eigenvalue weighted by molar-refractivity contribution is -0.119. The molecule has 1 aliphatic heterocycles. The first-order valence-electron chi connectivity index (χ1n) is 4.43. The molecule has 1 rings (SSSR count). The van der Waals surface area contributed by atoms with E-state index in [1.165, 1.54) is 11.8 Å². The maximum atomic E-state index is 11.4. The number of amides is 3. The summed E-state index contributed by atoms with van der Waals surface area (Å²) in [5, 5.41) is 1.52. The number of ether oxygens (including phenoxy) is 1. The number of halogens is 1. The van der Waals surface area contributed by atoms with Gasteiger partial charge in [-0.3, -0.25) is 10.1 Å². The zero-order chi connectivity index (χ0) is 10.6. The Morgan fingerprint density at radius 2 is 2.00 bits per heavy atom. The zero-order valence-electron chi connectivity index (χ0n) is 7.96. The molecule has 0 aromatic heterocycles. The summed E-state index contributed by atoms with van der Waals surface area (Å²) in [6.07, 6.45) is 0. The summed E-state index contributed by atoms with van der Waals surface area (Å²) in [4.78, 5) is 24.0. The highest BCUT2D eigenvalue weighted by Crippen LogP contribution is 1.98. The van der Waals surface area contributed by atoms with E-state index in [-0.39, 0.29) is 0 Å². The average Bonchev–Trinajstić information content (AvgIpc) is 2.19. The van der Waals surface area contributed by atoms with Gasteiger partial charge in [-0.05, 0) is 6.92 Å². The van der Waals surface area contributed by atoms with Crippen LogP contribution in [0.5, 0.6) is 0 Å². The van der Waals surface area contributed by atoms with Crippen molar-refractivity contribution >= 4 is 23.5 Å². The van der Waals surface area contributed by atoms with Gasteiger partial charge in [0.05, 0.1) is 13.2 Å². The van der Waals surface area contributed by atoms with Crippen LogP contribution in [-0.4, -0.2) is 48.5 Å². The van der Waals surface area contributed by atoms with E-state index in [0.717, 1.165) is 0 Å². The number of nitrogens with one attached hydrogen (secondary N) is 1. The van der Waals surface area contributed by atoms with Gasteiger partial charge in [-0.1, -0.05) is 0 Å². The predicted molar refractivity (Wildman–Crippen MR) is 51.2 cm³/mol. The fraction of sp³-hybridized carbons (Fsp3) is 0.750. The lowest BCUT2D eigenvalue weighted by atomic mass is 10.4. The van der Waals surface area contributed by atoms with Gasteiger partial charge in [0.2, 0.25) is 5.91 Å². The van der Waals surface area contributed by atoms with E-state index in [0.29, 0.717) is 26.3 Å². The summed E-state index contributed by atoms with van der Waals surface area (Å²) in [5.41, 5.74) is 0. The molecule has 0 aliphatic carbocycles. The average molecular weight is 221 g/mol. The zero-order valence-corrected chi connectivity index (χ0v) is 8.71. The number of urea groups is 1. The summed E-state index contributed by atoms with van der Waals surface area (Å²) in [5.74, 6) is -0.469. The third kappa shape index (κ3) is 3.16. The van der Waals surface area contributed by atoms with E-state index in [9.17, 15) is 9.59 Å². The molecule has 3 amide bonds. The van der Waals surface area contributed by atoms with Gasteiger partial charge in [-0.2, -0.15) is 0 Å². The molecular weight excluding hydrogens is 208 g/mol. The topological polar surface area (TPSA) is 58.6 Å². The first-order valence-corrected chi connectivity index (χ1v) is 4.86. The van der Waals surface area contributed by atoms with Gasteiger partial charge >= 0.3 is 6.03 Å². The van der Waals surface area contributed by atoms with Crippen molar-refractivity contribution in [3.63, 3.8) is 0 Å². The largest absolute Gasteiger partial charge is 0.378 e. The summed E-state index contributed by atoms with van der Waals surface area (Å²) in [6, 6.07) is -0.397. The summed E-state index contributed by atoms with van der Waals surface area (Å²) >= 11 is 5.50. The second-order valence-corrected chi connectivity index (χ2v) is 3.66. The lowest BCUT2D eigenvalue weighted by Gasteiger charge is -2.26. The van der Waals surface area contributed by atoms with Gasteiger partial charge in [0.25, 0.3) is 0 Å². The molecule has 14 heavy (non-hydrogen) atoms. The van der Waals surface area contributed by atoms with Crippen LogP contribution in [0.2, 0.25) is 0 Å². The second-order valence-electron chi connectivity index (χ2n) is 3.01. The fourth-order valence-corrected chi connectivity index (χ4v) is 1.10. The molecule has 1 aliphatic rings. The molecule has 0 spiro atoms. The molecule has 5 nitrogen and oxygen atoms in total. The van der Waals surface area contributed by atoms with Crippen LogP contribution >= 0.6 is 11.6 Å². The second kappa shape index (κ2) is 5.17. The molecular formula is C8H13ClN2O3. The number of rotatable bonds is 1. The van der Waals surface area contributed by atoms with Crippen molar-refractivity contribution in [2.24, 2.45) is 0 Å². The van der Waals surface area contributed by atoms with Crippen LogP contribution in [0, 0.1) is 0 Å². The predicted octanol–water partition coefficient (Wildman–Crippen LogP) is 0.182. The Balaban J connectivity index is 2.37. The Labute approximate surface area is 87.3 Å². The van der Waals surface area contributed by atoms with Crippen LogP contribution in [0.3, 0.4) is 0 Å². The van der Waals surface area contributed by atoms with Gasteiger partial charge < -0.3 is 9.64 Å². The minimum absolute atomic E-state index is 0.397. The molecule has 0 radical (unpaired) electrons. The molecule has 1 N–H and O–H groups in total. The van der Waals surface area contributed by atoms with Gasteiger partial charge in [0.1, 0.15) is 5.38 Å². The highest BCUT2D eigenvalue weighted by molar-refractivity contribution is 6.31. The third-order valence-corrected chi connectivity index (χ3v) is 2.09. The van der Waals surface area contributed by atoms with Crippen LogP contribution in [0.25, 0.3) is 0 Å². The Kier molecular flexibility index (Phi) is 4.16. The number of alkyl halides is 1. The lowest BCUT2D eigenvalue weighted by Crippen LogP contribution is -2.49. The number of nitrogens with zero attached hydrogens (tertiary/aromatic N) is 1. The van der Waals surface area contributed by atoms with Gasteiger partial charge in [0.15, 0.2) is 0 Å². The number of carbonyl (C=O) groups excluding carboxylic acids is 2. The number of imide groups is 1. The maximum absolute atomic E-state index is 11.4. The molecule has 0 aromatic carbocycles. The van der Waals surface area contributed by atoms with E-state index in [1.54, 1.807) is 0 Å². The Morgan fingerprint density at radius 1 is 1.43 bits per heavy atom.